The Hall–Kier alpha value is 0.860. The van der Waals surface area contributed by atoms with E-state index in [4.69, 9.17) is 0 Å². The molecule has 2 unspecified atom stereocenters. The van der Waals surface area contributed by atoms with Crippen LogP contribution in [0.1, 0.15) is 40.5 Å². The number of hydrogen-bond acceptors (Lipinski definition) is 0. The highest BCUT2D eigenvalue weighted by Crippen LogP contribution is 2.28. The fraction of sp³-hybridized carbons (Fsp3) is 1.00. The standard InChI is InChI=1S/C9H22P2/c1-8(10)11-7-5-6-9(2,3)4/h8,11H,5-7,10H2,1-4H3/t8-/m1/s1. The van der Waals surface area contributed by atoms with E-state index < -0.39 is 0 Å². The van der Waals surface area contributed by atoms with Crippen molar-refractivity contribution < 1.29 is 0 Å². The molecule has 2 heteroatoms. The van der Waals surface area contributed by atoms with Gasteiger partial charge in [-0.3, -0.25) is 0 Å². The number of hydrogen-bond donors (Lipinski definition) is 0. The molecule has 0 nitrogen and oxygen atoms in total. The van der Waals surface area contributed by atoms with Crippen LogP contribution in [0.15, 0.2) is 0 Å². The summed E-state index contributed by atoms with van der Waals surface area (Å²) in [6.45, 7) is 9.24. The molecule has 0 radical (unpaired) electrons. The first-order valence-electron chi connectivity index (χ1n) is 4.41. The molecule has 3 atom stereocenters. The van der Waals surface area contributed by atoms with Gasteiger partial charge in [-0.1, -0.05) is 27.7 Å². The fourth-order valence-corrected chi connectivity index (χ4v) is 2.28. The van der Waals surface area contributed by atoms with Crippen molar-refractivity contribution in [3.05, 3.63) is 0 Å². The lowest BCUT2D eigenvalue weighted by atomic mass is 9.91. The molecule has 0 heterocycles. The molecule has 0 saturated heterocycles. The molecule has 0 bridgehead atoms. The van der Waals surface area contributed by atoms with Gasteiger partial charge in [0.1, 0.15) is 0 Å². The summed E-state index contributed by atoms with van der Waals surface area (Å²) in [5.74, 6) is 0. The lowest BCUT2D eigenvalue weighted by Crippen LogP contribution is -2.04. The molecule has 68 valence electrons. The third kappa shape index (κ3) is 10.9. The minimum atomic E-state index is 0.536. The summed E-state index contributed by atoms with van der Waals surface area (Å²) >= 11 is 0. The molecule has 0 saturated carbocycles. The van der Waals surface area contributed by atoms with Crippen LogP contribution >= 0.6 is 17.8 Å². The van der Waals surface area contributed by atoms with Gasteiger partial charge in [0.25, 0.3) is 0 Å². The molecule has 0 aliphatic carbocycles. The number of rotatable bonds is 4. The fourth-order valence-electron chi connectivity index (χ4n) is 0.948. The normalized spacial score (nSPS) is 16.1. The second kappa shape index (κ2) is 5.50. The molecule has 0 spiro atoms. The molecule has 0 rings (SSSR count). The van der Waals surface area contributed by atoms with Crippen molar-refractivity contribution in [1.29, 1.82) is 0 Å². The first kappa shape index (κ1) is 11.9. The van der Waals surface area contributed by atoms with Crippen molar-refractivity contribution in [2.45, 2.75) is 45.9 Å². The molecule has 0 aromatic rings. The Labute approximate surface area is 75.9 Å². The second-order valence-electron chi connectivity index (χ2n) is 4.41. The Morgan fingerprint density at radius 3 is 2.27 bits per heavy atom. The largest absolute Gasteiger partial charge is 0.130 e. The van der Waals surface area contributed by atoms with Crippen LogP contribution < -0.4 is 0 Å². The lowest BCUT2D eigenvalue weighted by Gasteiger charge is -2.17. The van der Waals surface area contributed by atoms with Crippen LogP contribution in [-0.2, 0) is 0 Å². The van der Waals surface area contributed by atoms with E-state index in [1.54, 1.807) is 0 Å². The lowest BCUT2D eigenvalue weighted by molar-refractivity contribution is 0.374. The monoisotopic (exact) mass is 192 g/mol. The summed E-state index contributed by atoms with van der Waals surface area (Å²) < 4.78 is 0. The van der Waals surface area contributed by atoms with E-state index in [-0.39, 0.29) is 0 Å². The van der Waals surface area contributed by atoms with Gasteiger partial charge in [-0.2, -0.15) is 0 Å². The topological polar surface area (TPSA) is 0 Å². The quantitative estimate of drug-likeness (QED) is 0.470. The highest BCUT2D eigenvalue weighted by molar-refractivity contribution is 7.50. The third-order valence-electron chi connectivity index (χ3n) is 1.57. The van der Waals surface area contributed by atoms with Crippen LogP contribution in [0.5, 0.6) is 0 Å². The summed E-state index contributed by atoms with van der Waals surface area (Å²) in [6, 6.07) is 0. The maximum Gasteiger partial charge on any atom is -0.0118 e. The second-order valence-corrected chi connectivity index (χ2v) is 7.89. The van der Waals surface area contributed by atoms with Gasteiger partial charge in [0.2, 0.25) is 0 Å². The summed E-state index contributed by atoms with van der Waals surface area (Å²) in [6.07, 6.45) is 4.19. The van der Waals surface area contributed by atoms with Crippen molar-refractivity contribution in [2.75, 3.05) is 6.16 Å². The van der Waals surface area contributed by atoms with Gasteiger partial charge in [-0.15, -0.1) is 17.8 Å². The first-order valence-corrected chi connectivity index (χ1v) is 6.36. The van der Waals surface area contributed by atoms with E-state index >= 15 is 0 Å². The van der Waals surface area contributed by atoms with Crippen LogP contribution in [0.2, 0.25) is 0 Å². The van der Waals surface area contributed by atoms with Crippen molar-refractivity contribution in [3.63, 3.8) is 0 Å². The molecule has 0 aliphatic heterocycles. The Morgan fingerprint density at radius 2 is 1.91 bits per heavy atom. The summed E-state index contributed by atoms with van der Waals surface area (Å²) in [4.78, 5) is 0. The van der Waals surface area contributed by atoms with Gasteiger partial charge < -0.3 is 0 Å². The van der Waals surface area contributed by atoms with E-state index in [1.165, 1.54) is 19.0 Å². The maximum atomic E-state index is 2.87. The van der Waals surface area contributed by atoms with Crippen LogP contribution in [0, 0.1) is 5.41 Å². The van der Waals surface area contributed by atoms with Gasteiger partial charge in [0, 0.05) is 0 Å². The molecule has 0 aromatic carbocycles. The Bertz CT molecular complexity index is 92.2. The Balaban J connectivity index is 3.15. The summed E-state index contributed by atoms with van der Waals surface area (Å²) in [5.41, 5.74) is 0.536. The van der Waals surface area contributed by atoms with Gasteiger partial charge in [-0.25, -0.2) is 0 Å². The van der Waals surface area contributed by atoms with Crippen LogP contribution in [0.3, 0.4) is 0 Å². The molecule has 0 amide bonds. The maximum absolute atomic E-state index is 2.87. The van der Waals surface area contributed by atoms with Gasteiger partial charge in [0.15, 0.2) is 0 Å². The van der Waals surface area contributed by atoms with Gasteiger partial charge >= 0.3 is 0 Å². The zero-order valence-electron chi connectivity index (χ0n) is 8.28. The highest BCUT2D eigenvalue weighted by Gasteiger charge is 2.08. The van der Waals surface area contributed by atoms with E-state index in [2.05, 4.69) is 36.9 Å². The molecule has 0 fully saturated rings. The van der Waals surface area contributed by atoms with Crippen molar-refractivity contribution >= 4 is 17.8 Å². The van der Waals surface area contributed by atoms with E-state index in [9.17, 15) is 0 Å². The summed E-state index contributed by atoms with van der Waals surface area (Å²) in [5, 5.41) is 0.829. The summed E-state index contributed by atoms with van der Waals surface area (Å²) in [7, 11) is 4.01. The Morgan fingerprint density at radius 1 is 1.36 bits per heavy atom. The zero-order valence-corrected chi connectivity index (χ0v) is 10.4. The minimum Gasteiger partial charge on any atom is -0.130 e. The minimum absolute atomic E-state index is 0.536. The molecule has 0 aromatic heterocycles. The average molecular weight is 192 g/mol. The van der Waals surface area contributed by atoms with Crippen LogP contribution in [0.4, 0.5) is 0 Å². The molecular weight excluding hydrogens is 170 g/mol. The SMILES string of the molecule is C[C@H](P)PCCCC(C)(C)C. The van der Waals surface area contributed by atoms with Crippen LogP contribution in [-0.4, -0.2) is 11.6 Å². The smallest absolute Gasteiger partial charge is 0.0118 e. The zero-order chi connectivity index (χ0) is 8.91. The average Bonchev–Trinajstić information content (AvgIpc) is 1.78. The predicted molar refractivity (Wildman–Crippen MR) is 61.0 cm³/mol. The van der Waals surface area contributed by atoms with E-state index in [0.717, 1.165) is 14.0 Å². The van der Waals surface area contributed by atoms with Gasteiger partial charge in [-0.05, 0) is 29.8 Å². The van der Waals surface area contributed by atoms with Crippen molar-refractivity contribution in [3.8, 4) is 0 Å². The van der Waals surface area contributed by atoms with E-state index in [1.807, 2.05) is 0 Å². The molecule has 0 N–H and O–H groups in total. The van der Waals surface area contributed by atoms with Crippen LogP contribution in [0.25, 0.3) is 0 Å². The molecule has 0 aliphatic rings. The predicted octanol–water partition coefficient (Wildman–Crippen LogP) is 3.71. The van der Waals surface area contributed by atoms with Crippen molar-refractivity contribution in [1.82, 2.24) is 0 Å². The van der Waals surface area contributed by atoms with E-state index in [0.29, 0.717) is 5.41 Å². The first-order chi connectivity index (χ1) is 4.92. The van der Waals surface area contributed by atoms with Gasteiger partial charge in [0.05, 0.1) is 0 Å². The molecular formula is C9H22P2. The highest BCUT2D eigenvalue weighted by atomic mass is 31.1. The van der Waals surface area contributed by atoms with Crippen molar-refractivity contribution in [2.24, 2.45) is 5.41 Å². The third-order valence-corrected chi connectivity index (χ3v) is 3.56. The Kier molecular flexibility index (Phi) is 5.93. The molecule has 11 heavy (non-hydrogen) atoms.